The number of aryl methyl sites for hydroxylation is 2. The highest BCUT2D eigenvalue weighted by atomic mass is 35.5. The van der Waals surface area contributed by atoms with E-state index in [1.165, 1.54) is 0 Å². The summed E-state index contributed by atoms with van der Waals surface area (Å²) in [5, 5.41) is 0.774. The van der Waals surface area contributed by atoms with Gasteiger partial charge in [0.1, 0.15) is 19.0 Å². The lowest BCUT2D eigenvalue weighted by atomic mass is 10.1. The van der Waals surface area contributed by atoms with E-state index in [2.05, 4.69) is 6.92 Å². The van der Waals surface area contributed by atoms with E-state index in [0.29, 0.717) is 13.2 Å². The molecule has 0 saturated heterocycles. The van der Waals surface area contributed by atoms with E-state index < -0.39 is 0 Å². The van der Waals surface area contributed by atoms with Crippen molar-refractivity contribution in [1.82, 2.24) is 0 Å². The Morgan fingerprint density at radius 3 is 2.45 bits per heavy atom. The van der Waals surface area contributed by atoms with Crippen molar-refractivity contribution >= 4 is 11.6 Å². The minimum absolute atomic E-state index is 0.448. The second kappa shape index (κ2) is 7.95. The smallest absolute Gasteiger partial charge is 0.161 e. The molecule has 0 saturated carbocycles. The second-order valence-electron chi connectivity index (χ2n) is 4.96. The summed E-state index contributed by atoms with van der Waals surface area (Å²) in [6, 6.07) is 11.5. The summed E-state index contributed by atoms with van der Waals surface area (Å²) in [6.07, 6.45) is 0.882. The third kappa shape index (κ3) is 4.31. The van der Waals surface area contributed by atoms with Crippen molar-refractivity contribution in [2.45, 2.75) is 20.3 Å². The zero-order valence-electron chi connectivity index (χ0n) is 13.2. The minimum atomic E-state index is 0.448. The Hall–Kier alpha value is -1.87. The van der Waals surface area contributed by atoms with E-state index in [4.69, 9.17) is 25.8 Å². The number of methoxy groups -OCH3 is 1. The lowest BCUT2D eigenvalue weighted by molar-refractivity contribution is 0.211. The van der Waals surface area contributed by atoms with E-state index in [1.54, 1.807) is 7.11 Å². The molecule has 0 spiro atoms. The molecule has 4 heteroatoms. The third-order valence-corrected chi connectivity index (χ3v) is 3.70. The molecule has 0 heterocycles. The van der Waals surface area contributed by atoms with Crippen molar-refractivity contribution in [1.29, 1.82) is 0 Å². The van der Waals surface area contributed by atoms with Crippen LogP contribution in [0.4, 0.5) is 0 Å². The summed E-state index contributed by atoms with van der Waals surface area (Å²) in [6.45, 7) is 4.99. The molecule has 0 unspecified atom stereocenters. The molecular weight excluding hydrogens is 300 g/mol. The molecule has 118 valence electrons. The van der Waals surface area contributed by atoms with Gasteiger partial charge in [-0.25, -0.2) is 0 Å². The molecule has 2 aromatic carbocycles. The largest absolute Gasteiger partial charge is 0.493 e. The SMILES string of the molecule is CCc1cc(OCCOc2ccc(C)cc2OC)ccc1Cl. The Labute approximate surface area is 136 Å². The Bertz CT molecular complexity index is 626. The van der Waals surface area contributed by atoms with Crippen molar-refractivity contribution < 1.29 is 14.2 Å². The van der Waals surface area contributed by atoms with Crippen LogP contribution in [0.3, 0.4) is 0 Å². The molecule has 0 aliphatic heterocycles. The molecular formula is C18H21ClO3. The first kappa shape index (κ1) is 16.5. The monoisotopic (exact) mass is 320 g/mol. The second-order valence-corrected chi connectivity index (χ2v) is 5.37. The lowest BCUT2D eigenvalue weighted by Gasteiger charge is -2.12. The molecule has 0 aromatic heterocycles. The van der Waals surface area contributed by atoms with Crippen LogP contribution in [0.2, 0.25) is 5.02 Å². The van der Waals surface area contributed by atoms with Crippen molar-refractivity contribution in [2.75, 3.05) is 20.3 Å². The third-order valence-electron chi connectivity index (χ3n) is 3.33. The Kier molecular flexibility index (Phi) is 5.96. The molecule has 0 atom stereocenters. The van der Waals surface area contributed by atoms with E-state index >= 15 is 0 Å². The highest BCUT2D eigenvalue weighted by Gasteiger charge is 2.05. The molecule has 2 rings (SSSR count). The summed E-state index contributed by atoms with van der Waals surface area (Å²) in [5.41, 5.74) is 2.22. The molecule has 22 heavy (non-hydrogen) atoms. The molecule has 3 nitrogen and oxygen atoms in total. The zero-order valence-corrected chi connectivity index (χ0v) is 13.9. The molecule has 0 N–H and O–H groups in total. The fraction of sp³-hybridized carbons (Fsp3) is 0.333. The summed E-state index contributed by atoms with van der Waals surface area (Å²) >= 11 is 6.09. The van der Waals surface area contributed by atoms with Gasteiger partial charge in [0.15, 0.2) is 11.5 Å². The van der Waals surface area contributed by atoms with Crippen LogP contribution in [0.15, 0.2) is 36.4 Å². The predicted octanol–water partition coefficient (Wildman–Crippen LogP) is 4.68. The zero-order chi connectivity index (χ0) is 15.9. The maximum Gasteiger partial charge on any atom is 0.161 e. The highest BCUT2D eigenvalue weighted by Crippen LogP contribution is 2.27. The van der Waals surface area contributed by atoms with Gasteiger partial charge >= 0.3 is 0 Å². The van der Waals surface area contributed by atoms with Gasteiger partial charge in [0.05, 0.1) is 7.11 Å². The average Bonchev–Trinajstić information content (AvgIpc) is 2.53. The van der Waals surface area contributed by atoms with Gasteiger partial charge in [-0.2, -0.15) is 0 Å². The van der Waals surface area contributed by atoms with Crippen molar-refractivity contribution in [3.63, 3.8) is 0 Å². The van der Waals surface area contributed by atoms with Gasteiger partial charge in [-0.1, -0.05) is 24.6 Å². The Balaban J connectivity index is 1.87. The van der Waals surface area contributed by atoms with E-state index in [-0.39, 0.29) is 0 Å². The minimum Gasteiger partial charge on any atom is -0.493 e. The molecule has 0 fully saturated rings. The molecule has 0 aliphatic carbocycles. The van der Waals surface area contributed by atoms with Gasteiger partial charge in [0.2, 0.25) is 0 Å². The number of hydrogen-bond acceptors (Lipinski definition) is 3. The summed E-state index contributed by atoms with van der Waals surface area (Å²) < 4.78 is 16.7. The molecule has 0 aliphatic rings. The van der Waals surface area contributed by atoms with Crippen molar-refractivity contribution in [3.8, 4) is 17.2 Å². The first-order chi connectivity index (χ1) is 10.6. The maximum atomic E-state index is 6.09. The van der Waals surface area contributed by atoms with E-state index in [9.17, 15) is 0 Å². The topological polar surface area (TPSA) is 27.7 Å². The standard InChI is InChI=1S/C18H21ClO3/c1-4-14-12-15(6-7-16(14)19)21-9-10-22-17-8-5-13(2)11-18(17)20-3/h5-8,11-12H,4,9-10H2,1-3H3. The van der Waals surface area contributed by atoms with Crippen LogP contribution in [0.1, 0.15) is 18.1 Å². The highest BCUT2D eigenvalue weighted by molar-refractivity contribution is 6.31. The Morgan fingerprint density at radius 2 is 1.73 bits per heavy atom. The Morgan fingerprint density at radius 1 is 0.955 bits per heavy atom. The maximum absolute atomic E-state index is 6.09. The number of rotatable bonds is 7. The average molecular weight is 321 g/mol. The first-order valence-electron chi connectivity index (χ1n) is 7.32. The summed E-state index contributed by atoms with van der Waals surface area (Å²) in [4.78, 5) is 0. The first-order valence-corrected chi connectivity index (χ1v) is 7.70. The number of hydrogen-bond donors (Lipinski definition) is 0. The van der Waals surface area contributed by atoms with Gasteiger partial charge in [-0.15, -0.1) is 0 Å². The summed E-state index contributed by atoms with van der Waals surface area (Å²) in [7, 11) is 1.64. The van der Waals surface area contributed by atoms with Gasteiger partial charge in [0.25, 0.3) is 0 Å². The normalized spacial score (nSPS) is 10.4. The van der Waals surface area contributed by atoms with Crippen LogP contribution < -0.4 is 14.2 Å². The molecule has 0 amide bonds. The van der Waals surface area contributed by atoms with E-state index in [1.807, 2.05) is 43.3 Å². The predicted molar refractivity (Wildman–Crippen MR) is 89.6 cm³/mol. The van der Waals surface area contributed by atoms with Crippen molar-refractivity contribution in [2.24, 2.45) is 0 Å². The fourth-order valence-electron chi connectivity index (χ4n) is 2.12. The van der Waals surface area contributed by atoms with Crippen LogP contribution in [-0.4, -0.2) is 20.3 Å². The molecule has 0 radical (unpaired) electrons. The number of benzene rings is 2. The van der Waals surface area contributed by atoms with Gasteiger partial charge in [-0.3, -0.25) is 0 Å². The number of halogens is 1. The quantitative estimate of drug-likeness (QED) is 0.693. The van der Waals surface area contributed by atoms with Gasteiger partial charge in [-0.05, 0) is 54.8 Å². The van der Waals surface area contributed by atoms with Crippen LogP contribution in [-0.2, 0) is 6.42 Å². The molecule has 0 bridgehead atoms. The van der Waals surface area contributed by atoms with Crippen LogP contribution >= 0.6 is 11.6 Å². The van der Waals surface area contributed by atoms with E-state index in [0.717, 1.165) is 39.8 Å². The van der Waals surface area contributed by atoms with Gasteiger partial charge < -0.3 is 14.2 Å². The van der Waals surface area contributed by atoms with Crippen molar-refractivity contribution in [3.05, 3.63) is 52.5 Å². The van der Waals surface area contributed by atoms with Crippen LogP contribution in [0.5, 0.6) is 17.2 Å². The molecule has 2 aromatic rings. The van der Waals surface area contributed by atoms with Gasteiger partial charge in [0, 0.05) is 5.02 Å². The lowest BCUT2D eigenvalue weighted by Crippen LogP contribution is -2.09. The fourth-order valence-corrected chi connectivity index (χ4v) is 2.37. The van der Waals surface area contributed by atoms with Crippen LogP contribution in [0, 0.1) is 6.92 Å². The summed E-state index contributed by atoms with van der Waals surface area (Å²) in [5.74, 6) is 2.27. The number of ether oxygens (including phenoxy) is 3. The van der Waals surface area contributed by atoms with Crippen LogP contribution in [0.25, 0.3) is 0 Å².